The summed E-state index contributed by atoms with van der Waals surface area (Å²) in [5.74, 6) is 0.548. The molecule has 0 atom stereocenters. The van der Waals surface area contributed by atoms with E-state index >= 15 is 0 Å². The Bertz CT molecular complexity index is 1410. The fraction of sp³-hybridized carbons (Fsp3) is 0.222. The number of aromatic hydroxyl groups is 1. The molecule has 184 valence electrons. The monoisotopic (exact) mass is 503 g/mol. The van der Waals surface area contributed by atoms with Gasteiger partial charge in [0.1, 0.15) is 11.5 Å². The number of carbonyl (C=O) groups is 1. The molecule has 1 aliphatic rings. The number of carbonyl (C=O) groups excluding carboxylic acids is 1. The van der Waals surface area contributed by atoms with Gasteiger partial charge in [0.05, 0.1) is 12.2 Å². The van der Waals surface area contributed by atoms with Crippen molar-refractivity contribution in [3.63, 3.8) is 0 Å². The van der Waals surface area contributed by atoms with Gasteiger partial charge >= 0.3 is 0 Å². The predicted molar refractivity (Wildman–Crippen MR) is 139 cm³/mol. The summed E-state index contributed by atoms with van der Waals surface area (Å²) in [6.45, 7) is 4.30. The number of hydrogen-bond donors (Lipinski definition) is 1. The fourth-order valence-corrected chi connectivity index (χ4v) is 4.31. The summed E-state index contributed by atoms with van der Waals surface area (Å²) in [6.07, 6.45) is 0. The quantitative estimate of drug-likeness (QED) is 0.330. The number of para-hydroxylation sites is 1. The molecule has 0 radical (unpaired) electrons. The number of halogens is 1. The molecule has 1 aromatic heterocycles. The van der Waals surface area contributed by atoms with Gasteiger partial charge < -0.3 is 14.7 Å². The van der Waals surface area contributed by atoms with Crippen LogP contribution in [0.15, 0.2) is 83.0 Å². The highest BCUT2D eigenvalue weighted by Gasteiger charge is 2.21. The minimum absolute atomic E-state index is 0.00787. The average Bonchev–Trinajstić information content (AvgIpc) is 3.16. The minimum Gasteiger partial charge on any atom is -0.493 e. The van der Waals surface area contributed by atoms with Gasteiger partial charge in [-0.15, -0.1) is 10.2 Å². The van der Waals surface area contributed by atoms with Gasteiger partial charge in [0.2, 0.25) is 5.88 Å². The normalized spacial score (nSPS) is 15.1. The van der Waals surface area contributed by atoms with Crippen molar-refractivity contribution in [3.05, 3.63) is 83.4 Å². The van der Waals surface area contributed by atoms with Gasteiger partial charge in [-0.2, -0.15) is 0 Å². The Labute approximate surface area is 214 Å². The van der Waals surface area contributed by atoms with Gasteiger partial charge in [0.15, 0.2) is 5.69 Å². The van der Waals surface area contributed by atoms with Gasteiger partial charge in [-0.05, 0) is 55.6 Å². The zero-order valence-electron chi connectivity index (χ0n) is 19.8. The molecule has 0 unspecified atom stereocenters. The van der Waals surface area contributed by atoms with Crippen molar-refractivity contribution in [2.75, 3.05) is 33.2 Å². The van der Waals surface area contributed by atoms with Crippen LogP contribution in [0.3, 0.4) is 0 Å². The highest BCUT2D eigenvalue weighted by molar-refractivity contribution is 6.30. The van der Waals surface area contributed by atoms with Gasteiger partial charge in [-0.1, -0.05) is 35.9 Å². The van der Waals surface area contributed by atoms with E-state index < -0.39 is 5.91 Å². The van der Waals surface area contributed by atoms with E-state index in [-0.39, 0.29) is 11.6 Å². The molecule has 4 aromatic rings. The number of amides is 1. The smallest absolute Gasteiger partial charge is 0.295 e. The van der Waals surface area contributed by atoms with Crippen molar-refractivity contribution in [1.29, 1.82) is 0 Å². The Hall–Kier alpha value is -3.72. The Balaban J connectivity index is 1.37. The van der Waals surface area contributed by atoms with E-state index in [2.05, 4.69) is 27.1 Å². The molecule has 5 rings (SSSR count). The second-order valence-electron chi connectivity index (χ2n) is 8.77. The highest BCUT2D eigenvalue weighted by atomic mass is 35.5. The first-order chi connectivity index (χ1) is 17.5. The lowest BCUT2D eigenvalue weighted by Crippen LogP contribution is -2.44. The summed E-state index contributed by atoms with van der Waals surface area (Å²) in [7, 11) is 2.11. The molecule has 3 aromatic carbocycles. The number of piperazine rings is 1. The summed E-state index contributed by atoms with van der Waals surface area (Å²) < 4.78 is 7.63. The number of rotatable bonds is 6. The molecule has 1 fully saturated rings. The molecule has 8 nitrogen and oxygen atoms in total. The molecular weight excluding hydrogens is 478 g/mol. The number of aromatic nitrogens is 1. The molecule has 9 heteroatoms. The number of likely N-dealkylation sites (N-methyl/N-ethyl adjacent to an activating group) is 1. The van der Waals surface area contributed by atoms with Crippen LogP contribution < -0.4 is 4.74 Å². The van der Waals surface area contributed by atoms with Crippen LogP contribution in [0.1, 0.15) is 10.4 Å². The molecule has 1 aliphatic heterocycles. The van der Waals surface area contributed by atoms with E-state index in [4.69, 9.17) is 16.3 Å². The van der Waals surface area contributed by atoms with E-state index in [1.807, 2.05) is 28.8 Å². The van der Waals surface area contributed by atoms with Crippen molar-refractivity contribution in [2.45, 2.75) is 6.67 Å². The topological polar surface area (TPSA) is 82.7 Å². The molecule has 36 heavy (non-hydrogen) atoms. The van der Waals surface area contributed by atoms with Crippen LogP contribution in [0.4, 0.5) is 5.69 Å². The van der Waals surface area contributed by atoms with Gasteiger partial charge in [0, 0.05) is 42.2 Å². The Kier molecular flexibility index (Phi) is 6.99. The van der Waals surface area contributed by atoms with Crippen LogP contribution in [-0.2, 0) is 6.67 Å². The first-order valence-electron chi connectivity index (χ1n) is 11.7. The summed E-state index contributed by atoms with van der Waals surface area (Å²) in [4.78, 5) is 17.4. The van der Waals surface area contributed by atoms with Crippen molar-refractivity contribution < 1.29 is 14.6 Å². The Morgan fingerprint density at radius 3 is 2.50 bits per heavy atom. The van der Waals surface area contributed by atoms with Crippen LogP contribution in [0.5, 0.6) is 17.4 Å². The van der Waals surface area contributed by atoms with E-state index in [9.17, 15) is 9.90 Å². The SMILES string of the molecule is CN1CCN(Cn2c(O)c(N=NC(=O)c3cccc(Oc4ccc(Cl)cc4)c3)c3ccccc32)CC1. The fourth-order valence-electron chi connectivity index (χ4n) is 4.19. The molecule has 2 heterocycles. The molecule has 0 spiro atoms. The van der Waals surface area contributed by atoms with Crippen molar-refractivity contribution in [3.8, 4) is 17.4 Å². The number of azo groups is 1. The van der Waals surface area contributed by atoms with Crippen LogP contribution in [-0.4, -0.2) is 58.6 Å². The van der Waals surface area contributed by atoms with Gasteiger partial charge in [0.25, 0.3) is 5.91 Å². The van der Waals surface area contributed by atoms with E-state index in [0.29, 0.717) is 28.8 Å². The summed E-state index contributed by atoms with van der Waals surface area (Å²) in [6, 6.07) is 21.3. The first-order valence-corrected chi connectivity index (χ1v) is 12.1. The minimum atomic E-state index is -0.535. The number of nitrogens with zero attached hydrogens (tertiary/aromatic N) is 5. The molecule has 0 saturated carbocycles. The van der Waals surface area contributed by atoms with Crippen molar-refractivity contribution in [2.24, 2.45) is 10.2 Å². The van der Waals surface area contributed by atoms with Crippen LogP contribution in [0.2, 0.25) is 5.02 Å². The van der Waals surface area contributed by atoms with Crippen LogP contribution >= 0.6 is 11.6 Å². The second kappa shape index (κ2) is 10.5. The lowest BCUT2D eigenvalue weighted by atomic mass is 10.2. The maximum absolute atomic E-state index is 12.8. The molecule has 0 bridgehead atoms. The lowest BCUT2D eigenvalue weighted by Gasteiger charge is -2.32. The summed E-state index contributed by atoms with van der Waals surface area (Å²) in [5.41, 5.74) is 1.45. The average molecular weight is 504 g/mol. The van der Waals surface area contributed by atoms with Gasteiger partial charge in [-0.3, -0.25) is 14.3 Å². The molecular formula is C27H26ClN5O3. The Morgan fingerprint density at radius 2 is 1.72 bits per heavy atom. The third-order valence-corrected chi connectivity index (χ3v) is 6.48. The van der Waals surface area contributed by atoms with Crippen LogP contribution in [0.25, 0.3) is 10.9 Å². The standard InChI is InChI=1S/C27H26ClN5O3/c1-31-13-15-32(16-14-31)18-33-24-8-3-2-7-23(24)25(27(33)35)29-30-26(34)19-5-4-6-22(17-19)36-21-11-9-20(28)10-12-21/h2-12,17,35H,13-16,18H2,1H3. The number of fused-ring (bicyclic) bond motifs is 1. The largest absolute Gasteiger partial charge is 0.493 e. The predicted octanol–water partition coefficient (Wildman–Crippen LogP) is 5.92. The number of ether oxygens (including phenoxy) is 1. The molecule has 1 amide bonds. The third kappa shape index (κ3) is 5.26. The van der Waals surface area contributed by atoms with Crippen LogP contribution in [0, 0.1) is 0 Å². The van der Waals surface area contributed by atoms with E-state index in [1.165, 1.54) is 0 Å². The highest BCUT2D eigenvalue weighted by Crippen LogP contribution is 2.39. The Morgan fingerprint density at radius 1 is 0.972 bits per heavy atom. The molecule has 1 saturated heterocycles. The van der Waals surface area contributed by atoms with E-state index in [1.54, 1.807) is 48.5 Å². The summed E-state index contributed by atoms with van der Waals surface area (Å²) >= 11 is 5.92. The van der Waals surface area contributed by atoms with Gasteiger partial charge in [-0.25, -0.2) is 0 Å². The molecule has 1 N–H and O–H groups in total. The van der Waals surface area contributed by atoms with E-state index in [0.717, 1.165) is 37.1 Å². The zero-order chi connectivity index (χ0) is 25.1. The third-order valence-electron chi connectivity index (χ3n) is 6.23. The van der Waals surface area contributed by atoms with Crippen molar-refractivity contribution >= 4 is 34.1 Å². The maximum atomic E-state index is 12.8. The molecule has 0 aliphatic carbocycles. The number of benzene rings is 3. The summed E-state index contributed by atoms with van der Waals surface area (Å²) in [5, 5.41) is 20.5. The maximum Gasteiger partial charge on any atom is 0.295 e. The number of hydrogen-bond acceptors (Lipinski definition) is 6. The zero-order valence-corrected chi connectivity index (χ0v) is 20.6. The van der Waals surface area contributed by atoms with Crippen molar-refractivity contribution in [1.82, 2.24) is 14.4 Å². The first kappa shape index (κ1) is 24.0. The second-order valence-corrected chi connectivity index (χ2v) is 9.21. The lowest BCUT2D eigenvalue weighted by molar-refractivity contribution is 0.0994.